The number of cyclic esters (lactones) is 1. The van der Waals surface area contributed by atoms with E-state index in [4.69, 9.17) is 42.3 Å². The van der Waals surface area contributed by atoms with E-state index in [-0.39, 0.29) is 29.4 Å². The highest BCUT2D eigenvalue weighted by molar-refractivity contribution is 5.93. The lowest BCUT2D eigenvalue weighted by Gasteiger charge is -2.58. The van der Waals surface area contributed by atoms with Gasteiger partial charge in [-0.2, -0.15) is 0 Å². The monoisotopic (exact) mass is 730 g/mol. The van der Waals surface area contributed by atoms with E-state index in [1.165, 1.54) is 25.3 Å². The molecule has 0 amide bonds. The summed E-state index contributed by atoms with van der Waals surface area (Å²) in [7, 11) is 1.49. The van der Waals surface area contributed by atoms with Crippen molar-refractivity contribution in [3.05, 3.63) is 87.9 Å². The number of hydrogen-bond donors (Lipinski definition) is 0. The molecule has 0 radical (unpaired) electrons. The Morgan fingerprint density at radius 3 is 2.57 bits per heavy atom. The molecule has 2 aromatic rings. The number of rotatable bonds is 3. The van der Waals surface area contributed by atoms with Crippen LogP contribution >= 0.6 is 0 Å². The van der Waals surface area contributed by atoms with Crippen molar-refractivity contribution in [2.24, 2.45) is 10.8 Å². The molecule has 1 aromatic heterocycles. The summed E-state index contributed by atoms with van der Waals surface area (Å²) in [6, 6.07) is 6.24. The summed E-state index contributed by atoms with van der Waals surface area (Å²) in [5.41, 5.74) is -1.82. The van der Waals surface area contributed by atoms with Gasteiger partial charge in [-0.1, -0.05) is 36.8 Å². The maximum absolute atomic E-state index is 13.8. The zero-order valence-electron chi connectivity index (χ0n) is 30.2. The fourth-order valence-corrected chi connectivity index (χ4v) is 8.96. The second-order valence-electron chi connectivity index (χ2n) is 15.0. The van der Waals surface area contributed by atoms with Crippen LogP contribution in [0.1, 0.15) is 57.3 Å². The molecule has 280 valence electrons. The van der Waals surface area contributed by atoms with Crippen LogP contribution in [0.25, 0.3) is 11.0 Å². The third-order valence-corrected chi connectivity index (χ3v) is 12.1. The maximum Gasteiger partial charge on any atom is 0.351 e. The predicted molar refractivity (Wildman–Crippen MR) is 186 cm³/mol. The Hall–Kier alpha value is -4.56. The molecule has 13 nitrogen and oxygen atoms in total. The van der Waals surface area contributed by atoms with E-state index >= 15 is 0 Å². The number of epoxide rings is 1. The van der Waals surface area contributed by atoms with Gasteiger partial charge in [0.25, 0.3) is 0 Å². The van der Waals surface area contributed by atoms with Crippen LogP contribution in [0.4, 0.5) is 0 Å². The van der Waals surface area contributed by atoms with Crippen molar-refractivity contribution in [2.75, 3.05) is 20.3 Å². The highest BCUT2D eigenvalue weighted by Gasteiger charge is 2.83. The van der Waals surface area contributed by atoms with Gasteiger partial charge in [0.2, 0.25) is 0 Å². The number of fused-ring (bicyclic) bond motifs is 3. The van der Waals surface area contributed by atoms with Gasteiger partial charge in [0.1, 0.15) is 41.3 Å². The van der Waals surface area contributed by atoms with Crippen molar-refractivity contribution in [1.82, 2.24) is 0 Å². The molecule has 6 aliphatic rings. The molecular weight excluding hydrogens is 688 g/mol. The second kappa shape index (κ2) is 13.1. The Bertz CT molecular complexity index is 2040. The minimum Gasteiger partial charge on any atom is -0.497 e. The molecule has 1 saturated carbocycles. The summed E-state index contributed by atoms with van der Waals surface area (Å²) >= 11 is 0. The van der Waals surface area contributed by atoms with E-state index in [1.54, 1.807) is 50.3 Å². The van der Waals surface area contributed by atoms with Crippen LogP contribution < -0.4 is 10.4 Å². The molecule has 13 heteroatoms. The highest BCUT2D eigenvalue weighted by Crippen LogP contribution is 2.72. The number of methoxy groups -OCH3 is 1. The van der Waals surface area contributed by atoms with Gasteiger partial charge >= 0.3 is 23.5 Å². The minimum atomic E-state index is -1.27. The van der Waals surface area contributed by atoms with Gasteiger partial charge in [-0.15, -0.1) is 0 Å². The van der Waals surface area contributed by atoms with E-state index in [1.807, 2.05) is 6.92 Å². The molecule has 3 saturated heterocycles. The first-order chi connectivity index (χ1) is 25.4. The Balaban J connectivity index is 1.14. The van der Waals surface area contributed by atoms with Crippen LogP contribution in [-0.2, 0) is 42.7 Å². The third kappa shape index (κ3) is 5.76. The molecule has 2 spiro atoms. The quantitative estimate of drug-likeness (QED) is 0.141. The van der Waals surface area contributed by atoms with Crippen LogP contribution in [0.5, 0.6) is 5.75 Å². The number of esters is 3. The SMILES string of the molecule is COc1ccc2cc(C(=O)O[C@@H]3/C(C)=C\C(=O)OC[C@]45CCC(C)=C[C@H]4O[C@@H]4C[C@@H](OC(=O)/C=C\C=C/[C@@H]6O[C@H]3O[C@H]6C)[C@@]5(C)[C@@]43CO3)c(=O)oc2c1. The molecule has 4 bridgehead atoms. The largest absolute Gasteiger partial charge is 0.497 e. The molecule has 5 heterocycles. The summed E-state index contributed by atoms with van der Waals surface area (Å²) in [6.45, 7) is 7.89. The van der Waals surface area contributed by atoms with E-state index in [2.05, 4.69) is 13.0 Å². The smallest absolute Gasteiger partial charge is 0.351 e. The maximum atomic E-state index is 13.8. The normalized spacial score (nSPS) is 40.1. The lowest BCUT2D eigenvalue weighted by atomic mass is 9.51. The third-order valence-electron chi connectivity index (χ3n) is 12.1. The Labute approximate surface area is 305 Å². The molecule has 4 aliphatic heterocycles. The molecule has 8 rings (SSSR count). The standard InChI is InChI=1S/C40H42O13/c1-21-12-13-39-19-46-33(42)15-22(2)34(53-36(44)26-16-24-10-11-25(45-5)17-28(24)49-35(26)43)37-48-23(3)27(50-37)8-6-7-9-32(41)52-29-18-31(51-30(39)14-21)40(20-47-40)38(29,39)4/h6-11,14-17,23,27,29-31,34,37H,12-13,18-20H2,1-5H3/b8-6-,9-7-,22-15-/t23-,27-,29+,30+,31+,34+,37+,38+,39+,40+/m0/s1. The first-order valence-electron chi connectivity index (χ1n) is 17.9. The highest BCUT2D eigenvalue weighted by atomic mass is 16.8. The first kappa shape index (κ1) is 35.5. The van der Waals surface area contributed by atoms with Gasteiger partial charge in [-0.3, -0.25) is 0 Å². The number of carbonyl (C=O) groups excluding carboxylic acids is 3. The Morgan fingerprint density at radius 1 is 0.981 bits per heavy atom. The summed E-state index contributed by atoms with van der Waals surface area (Å²) < 4.78 is 54.0. The number of hydrogen-bond acceptors (Lipinski definition) is 13. The van der Waals surface area contributed by atoms with Gasteiger partial charge in [0.15, 0.2) is 12.4 Å². The number of allylic oxidation sites excluding steroid dienone is 3. The van der Waals surface area contributed by atoms with Gasteiger partial charge in [-0.25, -0.2) is 19.2 Å². The molecule has 10 atom stereocenters. The van der Waals surface area contributed by atoms with Gasteiger partial charge in [0, 0.05) is 35.4 Å². The van der Waals surface area contributed by atoms with Crippen molar-refractivity contribution in [1.29, 1.82) is 0 Å². The fraction of sp³-hybridized carbons (Fsp3) is 0.500. The Morgan fingerprint density at radius 2 is 1.79 bits per heavy atom. The average molecular weight is 731 g/mol. The number of carbonyl (C=O) groups is 3. The summed E-state index contributed by atoms with van der Waals surface area (Å²) in [5, 5.41) is 0.474. The molecule has 2 aliphatic carbocycles. The summed E-state index contributed by atoms with van der Waals surface area (Å²) in [5.74, 6) is -1.74. The second-order valence-corrected chi connectivity index (χ2v) is 15.0. The van der Waals surface area contributed by atoms with Crippen LogP contribution in [-0.4, -0.2) is 86.7 Å². The first-order valence-corrected chi connectivity index (χ1v) is 17.9. The minimum absolute atomic E-state index is 0.0477. The average Bonchev–Trinajstić information content (AvgIpc) is 3.82. The molecule has 1 aromatic carbocycles. The molecular formula is C40H42O13. The van der Waals surface area contributed by atoms with Crippen LogP contribution in [0.3, 0.4) is 0 Å². The number of ether oxygens (including phenoxy) is 8. The lowest BCUT2D eigenvalue weighted by molar-refractivity contribution is -0.232. The van der Waals surface area contributed by atoms with E-state index < -0.39 is 76.8 Å². The van der Waals surface area contributed by atoms with E-state index in [9.17, 15) is 19.2 Å². The van der Waals surface area contributed by atoms with Crippen molar-refractivity contribution in [3.63, 3.8) is 0 Å². The molecule has 0 unspecified atom stereocenters. The molecule has 0 N–H and O–H groups in total. The van der Waals surface area contributed by atoms with Crippen molar-refractivity contribution in [2.45, 2.75) is 95.5 Å². The zero-order valence-corrected chi connectivity index (χ0v) is 30.2. The van der Waals surface area contributed by atoms with Gasteiger partial charge in [0.05, 0.1) is 37.4 Å². The van der Waals surface area contributed by atoms with Crippen molar-refractivity contribution < 1.29 is 56.7 Å². The summed E-state index contributed by atoms with van der Waals surface area (Å²) in [4.78, 5) is 53.7. The topological polar surface area (TPSA) is 159 Å². The lowest BCUT2D eigenvalue weighted by Crippen LogP contribution is -2.66. The van der Waals surface area contributed by atoms with E-state index in [0.717, 1.165) is 12.0 Å². The van der Waals surface area contributed by atoms with Crippen LogP contribution in [0.2, 0.25) is 0 Å². The van der Waals surface area contributed by atoms with Gasteiger partial charge in [-0.05, 0) is 57.4 Å². The van der Waals surface area contributed by atoms with Crippen LogP contribution in [0, 0.1) is 10.8 Å². The van der Waals surface area contributed by atoms with Crippen molar-refractivity contribution in [3.8, 4) is 5.75 Å². The Kier molecular flexibility index (Phi) is 8.75. The zero-order chi connectivity index (χ0) is 37.3. The fourth-order valence-electron chi connectivity index (χ4n) is 8.96. The molecule has 53 heavy (non-hydrogen) atoms. The molecule has 4 fully saturated rings. The summed E-state index contributed by atoms with van der Waals surface area (Å²) in [6.07, 6.45) is 6.58. The van der Waals surface area contributed by atoms with Crippen molar-refractivity contribution >= 4 is 28.9 Å². The predicted octanol–water partition coefficient (Wildman–Crippen LogP) is 4.66. The van der Waals surface area contributed by atoms with Crippen LogP contribution in [0.15, 0.2) is 81.1 Å². The van der Waals surface area contributed by atoms with E-state index in [0.29, 0.717) is 30.6 Å². The van der Waals surface area contributed by atoms with Gasteiger partial charge < -0.3 is 42.3 Å². The number of benzene rings is 1.